The largest absolute Gasteiger partial charge is 0.143 e. The van der Waals surface area contributed by atoms with Crippen LogP contribution in [0.25, 0.3) is 0 Å². The van der Waals surface area contributed by atoms with Crippen LogP contribution in [0.15, 0.2) is 34.8 Å². The fourth-order valence-electron chi connectivity index (χ4n) is 1.44. The van der Waals surface area contributed by atoms with Crippen LogP contribution in [0.3, 0.4) is 0 Å². The Bertz CT molecular complexity index is 488. The number of rotatable bonds is 2. The fourth-order valence-corrected chi connectivity index (χ4v) is 4.94. The summed E-state index contributed by atoms with van der Waals surface area (Å²) in [5.74, 6) is 0. The molecule has 0 saturated heterocycles. The number of benzene rings is 1. The molecule has 0 N–H and O–H groups in total. The third-order valence-corrected chi connectivity index (χ3v) is 6.78. The van der Waals surface area contributed by atoms with E-state index in [0.717, 1.165) is 0 Å². The minimum atomic E-state index is 0.288. The Morgan fingerprint density at radius 1 is 1.31 bits per heavy atom. The lowest BCUT2D eigenvalue weighted by atomic mass is 10.1. The Kier molecular flexibility index (Phi) is 4.49. The van der Waals surface area contributed by atoms with Gasteiger partial charge in [-0.2, -0.15) is 0 Å². The van der Waals surface area contributed by atoms with Crippen LogP contribution < -0.4 is 0 Å². The molecule has 0 spiro atoms. The second-order valence-electron chi connectivity index (χ2n) is 3.44. The predicted molar refractivity (Wildman–Crippen MR) is 86.7 cm³/mol. The Morgan fingerprint density at radius 2 is 2.00 bits per heavy atom. The molecule has 0 amide bonds. The highest BCUT2D eigenvalue weighted by Crippen LogP contribution is 2.39. The zero-order valence-corrected chi connectivity index (χ0v) is 14.7. The van der Waals surface area contributed by atoms with E-state index in [1.165, 1.54) is 23.4 Å². The highest BCUT2D eigenvalue weighted by molar-refractivity contribution is 14.1. The Balaban J connectivity index is 2.39. The quantitative estimate of drug-likeness (QED) is 0.377. The van der Waals surface area contributed by atoms with Crippen molar-refractivity contribution in [2.75, 3.05) is 0 Å². The first-order chi connectivity index (χ1) is 7.59. The average Bonchev–Trinajstić information content (AvgIpc) is 2.59. The zero-order valence-electron chi connectivity index (χ0n) is 8.51. The first kappa shape index (κ1) is 13.1. The van der Waals surface area contributed by atoms with Crippen LogP contribution in [0.5, 0.6) is 0 Å². The van der Waals surface area contributed by atoms with E-state index in [2.05, 4.69) is 91.7 Å². The van der Waals surface area contributed by atoms with Gasteiger partial charge in [0.25, 0.3) is 0 Å². The molecule has 0 aliphatic rings. The third kappa shape index (κ3) is 2.71. The minimum absolute atomic E-state index is 0.288. The first-order valence-electron chi connectivity index (χ1n) is 4.74. The van der Waals surface area contributed by atoms with E-state index in [0.29, 0.717) is 0 Å². The number of hydrogen-bond donors (Lipinski definition) is 0. The van der Waals surface area contributed by atoms with E-state index in [4.69, 9.17) is 0 Å². The number of thiophene rings is 1. The summed E-state index contributed by atoms with van der Waals surface area (Å²) < 4.78 is 2.49. The molecule has 0 aliphatic heterocycles. The topological polar surface area (TPSA) is 0 Å². The maximum absolute atomic E-state index is 3.78. The van der Waals surface area contributed by atoms with Crippen LogP contribution in [0.4, 0.5) is 0 Å². The van der Waals surface area contributed by atoms with Crippen molar-refractivity contribution in [3.8, 4) is 0 Å². The van der Waals surface area contributed by atoms with Crippen molar-refractivity contribution in [3.05, 3.63) is 53.7 Å². The minimum Gasteiger partial charge on any atom is -0.143 e. The van der Waals surface area contributed by atoms with Crippen molar-refractivity contribution in [1.29, 1.82) is 0 Å². The van der Waals surface area contributed by atoms with Gasteiger partial charge in [0, 0.05) is 17.8 Å². The van der Waals surface area contributed by atoms with Crippen LogP contribution in [0.2, 0.25) is 0 Å². The van der Waals surface area contributed by atoms with E-state index in [-0.39, 0.29) is 4.83 Å². The average molecular weight is 472 g/mol. The molecular weight excluding hydrogens is 463 g/mol. The predicted octanol–water partition coefficient (Wildman–Crippen LogP) is 5.91. The first-order valence-corrected chi connectivity index (χ1v) is 8.34. The van der Waals surface area contributed by atoms with Crippen LogP contribution in [0.1, 0.15) is 20.1 Å². The van der Waals surface area contributed by atoms with Gasteiger partial charge in [0.15, 0.2) is 0 Å². The second kappa shape index (κ2) is 5.50. The zero-order chi connectivity index (χ0) is 11.7. The monoisotopic (exact) mass is 470 g/mol. The molecule has 1 unspecified atom stereocenters. The van der Waals surface area contributed by atoms with Crippen molar-refractivity contribution < 1.29 is 0 Å². The third-order valence-electron chi connectivity index (χ3n) is 2.30. The summed E-state index contributed by atoms with van der Waals surface area (Å²) in [5.41, 5.74) is 1.33. The van der Waals surface area contributed by atoms with Gasteiger partial charge in [-0.1, -0.05) is 34.1 Å². The van der Waals surface area contributed by atoms with Crippen molar-refractivity contribution in [2.45, 2.75) is 11.8 Å². The normalized spacial score (nSPS) is 12.8. The van der Waals surface area contributed by atoms with Gasteiger partial charge in [0.2, 0.25) is 0 Å². The van der Waals surface area contributed by atoms with Gasteiger partial charge in [-0.05, 0) is 63.1 Å². The lowest BCUT2D eigenvalue weighted by molar-refractivity contribution is 1.20. The molecule has 0 bridgehead atoms. The van der Waals surface area contributed by atoms with Gasteiger partial charge < -0.3 is 0 Å². The molecule has 2 rings (SSSR count). The highest BCUT2D eigenvalue weighted by Gasteiger charge is 2.16. The van der Waals surface area contributed by atoms with Crippen molar-refractivity contribution in [3.63, 3.8) is 0 Å². The molecule has 0 nitrogen and oxygen atoms in total. The van der Waals surface area contributed by atoms with E-state index in [1.807, 2.05) is 11.3 Å². The van der Waals surface area contributed by atoms with Gasteiger partial charge >= 0.3 is 0 Å². The maximum atomic E-state index is 3.78. The summed E-state index contributed by atoms with van der Waals surface area (Å²) in [6, 6.07) is 10.7. The van der Waals surface area contributed by atoms with Crippen LogP contribution in [-0.4, -0.2) is 0 Å². The summed E-state index contributed by atoms with van der Waals surface area (Å²) in [6.07, 6.45) is 0. The molecule has 0 radical (unpaired) electrons. The second-order valence-corrected chi connectivity index (χ2v) is 7.66. The fraction of sp³-hybridized carbons (Fsp3) is 0.167. The van der Waals surface area contributed by atoms with E-state index in [9.17, 15) is 0 Å². The molecule has 16 heavy (non-hydrogen) atoms. The van der Waals surface area contributed by atoms with Crippen molar-refractivity contribution in [2.24, 2.45) is 0 Å². The molecule has 2 aromatic rings. The van der Waals surface area contributed by atoms with E-state index in [1.54, 1.807) is 0 Å². The van der Waals surface area contributed by atoms with Gasteiger partial charge in [-0.15, -0.1) is 11.3 Å². The van der Waals surface area contributed by atoms with Crippen molar-refractivity contribution in [1.82, 2.24) is 0 Å². The SMILES string of the molecule is Cc1sc(C(Br)c2ccccc2I)cc1Br. The summed E-state index contributed by atoms with van der Waals surface area (Å²) in [5, 5.41) is 0. The molecule has 0 saturated carbocycles. The lowest BCUT2D eigenvalue weighted by Crippen LogP contribution is -1.92. The summed E-state index contributed by atoms with van der Waals surface area (Å²) in [4.78, 5) is 2.95. The maximum Gasteiger partial charge on any atom is 0.0748 e. The Labute approximate surface area is 130 Å². The molecule has 0 aliphatic carbocycles. The van der Waals surface area contributed by atoms with Gasteiger partial charge in [-0.3, -0.25) is 0 Å². The number of halogens is 3. The Hall–Kier alpha value is 0.610. The molecule has 1 aromatic carbocycles. The lowest BCUT2D eigenvalue weighted by Gasteiger charge is -2.09. The molecular formula is C12H9Br2IS. The molecule has 1 aromatic heterocycles. The van der Waals surface area contributed by atoms with E-state index >= 15 is 0 Å². The molecule has 84 valence electrons. The number of aryl methyl sites for hydroxylation is 1. The van der Waals surface area contributed by atoms with Gasteiger partial charge in [-0.25, -0.2) is 0 Å². The van der Waals surface area contributed by atoms with Gasteiger partial charge in [0.1, 0.15) is 0 Å². The smallest absolute Gasteiger partial charge is 0.0748 e. The number of hydrogen-bond acceptors (Lipinski definition) is 1. The van der Waals surface area contributed by atoms with Crippen molar-refractivity contribution >= 4 is 65.8 Å². The molecule has 1 heterocycles. The summed E-state index contributed by atoms with van der Waals surface area (Å²) in [6.45, 7) is 2.13. The summed E-state index contributed by atoms with van der Waals surface area (Å²) in [7, 11) is 0. The number of alkyl halides is 1. The summed E-state index contributed by atoms with van der Waals surface area (Å²) >= 11 is 11.5. The van der Waals surface area contributed by atoms with Crippen LogP contribution in [-0.2, 0) is 0 Å². The van der Waals surface area contributed by atoms with Crippen LogP contribution in [0, 0.1) is 10.5 Å². The molecule has 1 atom stereocenters. The molecule has 0 fully saturated rings. The molecule has 4 heteroatoms. The Morgan fingerprint density at radius 3 is 2.56 bits per heavy atom. The van der Waals surface area contributed by atoms with Crippen LogP contribution >= 0.6 is 65.8 Å². The van der Waals surface area contributed by atoms with E-state index < -0.39 is 0 Å². The van der Waals surface area contributed by atoms with Gasteiger partial charge in [0.05, 0.1) is 4.83 Å². The standard InChI is InChI=1S/C12H9Br2IS/c1-7-9(13)6-11(16-7)12(14)8-4-2-3-5-10(8)15/h2-6,12H,1H3. The highest BCUT2D eigenvalue weighted by atomic mass is 127.